The minimum absolute atomic E-state index is 0.0966. The molecule has 0 saturated carbocycles. The fourth-order valence-corrected chi connectivity index (χ4v) is 3.02. The fraction of sp³-hybridized carbons (Fsp3) is 0.316. The zero-order valence-corrected chi connectivity index (χ0v) is 13.6. The number of hydrogen-bond donors (Lipinski definition) is 1. The lowest BCUT2D eigenvalue weighted by Gasteiger charge is -2.19. The van der Waals surface area contributed by atoms with Gasteiger partial charge in [0.05, 0.1) is 5.56 Å². The second kappa shape index (κ2) is 7.17. The molecule has 0 spiro atoms. The minimum Gasteiger partial charge on any atom is -0.370 e. The molecule has 1 heterocycles. The summed E-state index contributed by atoms with van der Waals surface area (Å²) in [5.74, 6) is -0.165. The van der Waals surface area contributed by atoms with E-state index in [1.54, 1.807) is 6.07 Å². The molecule has 0 aromatic heterocycles. The number of fused-ring (bicyclic) bond motifs is 1. The highest BCUT2D eigenvalue weighted by atomic mass is 19.4. The number of carbonyl (C=O) groups is 1. The Morgan fingerprint density at radius 3 is 2.72 bits per heavy atom. The van der Waals surface area contributed by atoms with Gasteiger partial charge in [0.25, 0.3) is 0 Å². The number of halogens is 3. The Morgan fingerprint density at radius 1 is 1.12 bits per heavy atom. The van der Waals surface area contributed by atoms with Crippen molar-refractivity contribution in [3.8, 4) is 0 Å². The highest BCUT2D eigenvalue weighted by molar-refractivity contribution is 5.76. The van der Waals surface area contributed by atoms with Gasteiger partial charge in [-0.3, -0.25) is 4.79 Å². The van der Waals surface area contributed by atoms with E-state index >= 15 is 0 Å². The van der Waals surface area contributed by atoms with Gasteiger partial charge in [0.2, 0.25) is 5.91 Å². The van der Waals surface area contributed by atoms with E-state index in [9.17, 15) is 18.0 Å². The number of carbonyl (C=O) groups excluding carboxylic acids is 1. The molecule has 0 fully saturated rings. The molecule has 1 aliphatic rings. The number of benzene rings is 2. The molecule has 25 heavy (non-hydrogen) atoms. The molecule has 0 aliphatic carbocycles. The van der Waals surface area contributed by atoms with Crippen molar-refractivity contribution in [3.05, 3.63) is 65.2 Å². The first kappa shape index (κ1) is 17.3. The molecule has 0 unspecified atom stereocenters. The third-order valence-corrected chi connectivity index (χ3v) is 4.34. The maximum atomic E-state index is 12.7. The van der Waals surface area contributed by atoms with Gasteiger partial charge in [-0.25, -0.2) is 0 Å². The summed E-state index contributed by atoms with van der Waals surface area (Å²) in [5.41, 5.74) is 2.18. The molecule has 1 aliphatic heterocycles. The third kappa shape index (κ3) is 4.32. The van der Waals surface area contributed by atoms with Gasteiger partial charge in [0.1, 0.15) is 0 Å². The maximum absolute atomic E-state index is 12.7. The van der Waals surface area contributed by atoms with Crippen LogP contribution in [0.1, 0.15) is 23.1 Å². The normalized spacial score (nSPS) is 13.6. The number of anilines is 1. The SMILES string of the molecule is O=C(CCN1CCc2ccccc21)NCc1cccc(C(F)(F)F)c1. The van der Waals surface area contributed by atoms with Crippen molar-refractivity contribution >= 4 is 11.6 Å². The Kier molecular flexibility index (Phi) is 4.97. The highest BCUT2D eigenvalue weighted by Crippen LogP contribution is 2.29. The summed E-state index contributed by atoms with van der Waals surface area (Å²) in [6.07, 6.45) is -3.08. The summed E-state index contributed by atoms with van der Waals surface area (Å²) in [6, 6.07) is 13.1. The Morgan fingerprint density at radius 2 is 1.92 bits per heavy atom. The number of hydrogen-bond acceptors (Lipinski definition) is 2. The Balaban J connectivity index is 1.49. The summed E-state index contributed by atoms with van der Waals surface area (Å²) < 4.78 is 38.1. The van der Waals surface area contributed by atoms with E-state index in [2.05, 4.69) is 16.3 Å². The summed E-state index contributed by atoms with van der Waals surface area (Å²) in [6.45, 7) is 1.59. The van der Waals surface area contributed by atoms with Crippen LogP contribution in [0.15, 0.2) is 48.5 Å². The van der Waals surface area contributed by atoms with E-state index in [-0.39, 0.29) is 12.5 Å². The summed E-state index contributed by atoms with van der Waals surface area (Å²) in [7, 11) is 0. The van der Waals surface area contributed by atoms with Crippen LogP contribution in [0, 0.1) is 0 Å². The molecule has 0 saturated heterocycles. The van der Waals surface area contributed by atoms with Crippen molar-refractivity contribution in [2.24, 2.45) is 0 Å². The standard InChI is InChI=1S/C19H19F3N2O/c20-19(21,22)16-6-3-4-14(12-16)13-23-18(25)9-11-24-10-8-15-5-1-2-7-17(15)24/h1-7,12H,8-11,13H2,(H,23,25). The molecule has 2 aromatic rings. The molecule has 1 amide bonds. The number of nitrogens with one attached hydrogen (secondary N) is 1. The lowest BCUT2D eigenvalue weighted by Crippen LogP contribution is -2.29. The number of amides is 1. The Hall–Kier alpha value is -2.50. The molecule has 0 atom stereocenters. The topological polar surface area (TPSA) is 32.3 Å². The average molecular weight is 348 g/mol. The largest absolute Gasteiger partial charge is 0.416 e. The van der Waals surface area contributed by atoms with E-state index < -0.39 is 11.7 Å². The van der Waals surface area contributed by atoms with Gasteiger partial charge in [0.15, 0.2) is 0 Å². The molecule has 0 radical (unpaired) electrons. The van der Waals surface area contributed by atoms with Crippen LogP contribution in [-0.2, 0) is 23.9 Å². The van der Waals surface area contributed by atoms with Crippen LogP contribution < -0.4 is 10.2 Å². The molecular weight excluding hydrogens is 329 g/mol. The Labute approximate surface area is 144 Å². The minimum atomic E-state index is -4.37. The molecule has 3 rings (SSSR count). The molecule has 1 N–H and O–H groups in total. The number of rotatable bonds is 5. The van der Waals surface area contributed by atoms with E-state index in [4.69, 9.17) is 0 Å². The van der Waals surface area contributed by atoms with Gasteiger partial charge >= 0.3 is 6.18 Å². The first-order valence-electron chi connectivity index (χ1n) is 8.19. The van der Waals surface area contributed by atoms with E-state index in [0.717, 1.165) is 30.8 Å². The van der Waals surface area contributed by atoms with Gasteiger partial charge in [-0.2, -0.15) is 13.2 Å². The van der Waals surface area contributed by atoms with Gasteiger partial charge in [-0.1, -0.05) is 30.3 Å². The van der Waals surface area contributed by atoms with Crippen LogP contribution >= 0.6 is 0 Å². The van der Waals surface area contributed by atoms with Crippen LogP contribution in [0.5, 0.6) is 0 Å². The number of nitrogens with zero attached hydrogens (tertiary/aromatic N) is 1. The predicted octanol–water partition coefficient (Wildman–Crippen LogP) is 3.77. The van der Waals surface area contributed by atoms with Crippen molar-refractivity contribution in [2.75, 3.05) is 18.0 Å². The Bertz CT molecular complexity index is 758. The summed E-state index contributed by atoms with van der Waals surface area (Å²) >= 11 is 0. The molecule has 2 aromatic carbocycles. The van der Waals surface area contributed by atoms with Crippen LogP contribution in [0.3, 0.4) is 0 Å². The van der Waals surface area contributed by atoms with Gasteiger partial charge in [0, 0.05) is 31.7 Å². The average Bonchev–Trinajstić information content (AvgIpc) is 3.01. The monoisotopic (exact) mass is 348 g/mol. The van der Waals surface area contributed by atoms with Gasteiger partial charge in [-0.05, 0) is 35.7 Å². The molecule has 3 nitrogen and oxygen atoms in total. The second-order valence-electron chi connectivity index (χ2n) is 6.09. The summed E-state index contributed by atoms with van der Waals surface area (Å²) in [4.78, 5) is 14.2. The van der Waals surface area contributed by atoms with Crippen LogP contribution in [0.4, 0.5) is 18.9 Å². The lowest BCUT2D eigenvalue weighted by atomic mass is 10.1. The number of alkyl halides is 3. The van der Waals surface area contributed by atoms with E-state index in [0.29, 0.717) is 18.5 Å². The summed E-state index contributed by atoms with van der Waals surface area (Å²) in [5, 5.41) is 2.69. The first-order chi connectivity index (χ1) is 11.9. The quantitative estimate of drug-likeness (QED) is 0.892. The van der Waals surface area contributed by atoms with Crippen LogP contribution in [0.2, 0.25) is 0 Å². The van der Waals surface area contributed by atoms with Crippen molar-refractivity contribution < 1.29 is 18.0 Å². The highest BCUT2D eigenvalue weighted by Gasteiger charge is 2.30. The predicted molar refractivity (Wildman–Crippen MR) is 90.3 cm³/mol. The smallest absolute Gasteiger partial charge is 0.370 e. The van der Waals surface area contributed by atoms with Crippen molar-refractivity contribution in [1.82, 2.24) is 5.32 Å². The zero-order valence-electron chi connectivity index (χ0n) is 13.6. The number of para-hydroxylation sites is 1. The second-order valence-corrected chi connectivity index (χ2v) is 6.09. The fourth-order valence-electron chi connectivity index (χ4n) is 3.02. The third-order valence-electron chi connectivity index (χ3n) is 4.34. The van der Waals surface area contributed by atoms with E-state index in [1.165, 1.54) is 11.6 Å². The van der Waals surface area contributed by atoms with Crippen molar-refractivity contribution in [2.45, 2.75) is 25.6 Å². The van der Waals surface area contributed by atoms with Crippen LogP contribution in [-0.4, -0.2) is 19.0 Å². The van der Waals surface area contributed by atoms with Crippen LogP contribution in [0.25, 0.3) is 0 Å². The molecule has 6 heteroatoms. The molecule has 0 bridgehead atoms. The zero-order chi connectivity index (χ0) is 17.9. The molecule has 132 valence electrons. The van der Waals surface area contributed by atoms with E-state index in [1.807, 2.05) is 18.2 Å². The van der Waals surface area contributed by atoms with Gasteiger partial charge < -0.3 is 10.2 Å². The van der Waals surface area contributed by atoms with Crippen molar-refractivity contribution in [3.63, 3.8) is 0 Å². The first-order valence-corrected chi connectivity index (χ1v) is 8.19. The lowest BCUT2D eigenvalue weighted by molar-refractivity contribution is -0.137. The maximum Gasteiger partial charge on any atom is 0.416 e. The molecular formula is C19H19F3N2O. The van der Waals surface area contributed by atoms with Crippen molar-refractivity contribution in [1.29, 1.82) is 0 Å². The van der Waals surface area contributed by atoms with Gasteiger partial charge in [-0.15, -0.1) is 0 Å².